The molecule has 1 amide bonds. The zero-order valence-electron chi connectivity index (χ0n) is 16.5. The van der Waals surface area contributed by atoms with Gasteiger partial charge in [-0.3, -0.25) is 19.5 Å². The molecule has 0 saturated carbocycles. The van der Waals surface area contributed by atoms with Gasteiger partial charge in [-0.15, -0.1) is 21.5 Å². The van der Waals surface area contributed by atoms with Crippen LogP contribution in [0.15, 0.2) is 71.2 Å². The molecular weight excluding hydrogens is 453 g/mol. The van der Waals surface area contributed by atoms with E-state index in [-0.39, 0.29) is 11.4 Å². The number of nitro benzene ring substituents is 1. The lowest BCUT2D eigenvalue weighted by Gasteiger charge is -2.10. The van der Waals surface area contributed by atoms with Crippen molar-refractivity contribution in [1.29, 1.82) is 0 Å². The number of nitrogens with one attached hydrogen (secondary N) is 1. The number of anilines is 1. The Bertz CT molecular complexity index is 1250. The summed E-state index contributed by atoms with van der Waals surface area (Å²) in [6.07, 6.45) is 0. The van der Waals surface area contributed by atoms with E-state index in [0.29, 0.717) is 17.5 Å². The monoisotopic (exact) mass is 469 g/mol. The van der Waals surface area contributed by atoms with Crippen LogP contribution in [0.4, 0.5) is 15.8 Å². The normalized spacial score (nSPS) is 10.8. The molecule has 4 rings (SSSR count). The first-order chi connectivity index (χ1) is 15.5. The highest BCUT2D eigenvalue weighted by Crippen LogP contribution is 2.28. The van der Waals surface area contributed by atoms with Crippen molar-refractivity contribution in [2.24, 2.45) is 0 Å². The van der Waals surface area contributed by atoms with Crippen molar-refractivity contribution in [1.82, 2.24) is 14.8 Å². The van der Waals surface area contributed by atoms with E-state index >= 15 is 0 Å². The van der Waals surface area contributed by atoms with Gasteiger partial charge in [-0.2, -0.15) is 4.39 Å². The van der Waals surface area contributed by atoms with E-state index in [1.54, 1.807) is 11.3 Å². The van der Waals surface area contributed by atoms with Gasteiger partial charge < -0.3 is 5.32 Å². The van der Waals surface area contributed by atoms with Gasteiger partial charge in [0.2, 0.25) is 11.7 Å². The Labute approximate surface area is 190 Å². The van der Waals surface area contributed by atoms with Gasteiger partial charge in [-0.25, -0.2) is 0 Å². The first kappa shape index (κ1) is 21.7. The number of benzene rings is 2. The molecule has 0 aliphatic rings. The third kappa shape index (κ3) is 5.01. The summed E-state index contributed by atoms with van der Waals surface area (Å²) in [4.78, 5) is 23.4. The molecule has 0 aliphatic carbocycles. The zero-order valence-corrected chi connectivity index (χ0v) is 18.1. The Morgan fingerprint density at radius 3 is 2.69 bits per heavy atom. The number of rotatable bonds is 8. The lowest BCUT2D eigenvalue weighted by Crippen LogP contribution is -2.15. The number of carbonyl (C=O) groups excluding carboxylic acids is 1. The molecule has 2 aromatic carbocycles. The molecule has 2 heterocycles. The molecule has 0 radical (unpaired) electrons. The molecule has 0 saturated heterocycles. The van der Waals surface area contributed by atoms with Gasteiger partial charge in [0, 0.05) is 11.8 Å². The molecule has 11 heteroatoms. The van der Waals surface area contributed by atoms with Crippen LogP contribution in [0.1, 0.15) is 5.56 Å². The fourth-order valence-electron chi connectivity index (χ4n) is 2.95. The van der Waals surface area contributed by atoms with Crippen molar-refractivity contribution in [3.63, 3.8) is 0 Å². The fourth-order valence-corrected chi connectivity index (χ4v) is 4.40. The van der Waals surface area contributed by atoms with Gasteiger partial charge in [0.05, 0.1) is 22.1 Å². The summed E-state index contributed by atoms with van der Waals surface area (Å²) < 4.78 is 15.4. The number of hydrogen-bond acceptors (Lipinski definition) is 7. The summed E-state index contributed by atoms with van der Waals surface area (Å²) in [6.45, 7) is 0.537. The highest BCUT2D eigenvalue weighted by molar-refractivity contribution is 7.99. The van der Waals surface area contributed by atoms with Crippen molar-refractivity contribution in [3.8, 4) is 10.7 Å². The lowest BCUT2D eigenvalue weighted by atomic mass is 10.2. The van der Waals surface area contributed by atoms with Gasteiger partial charge in [-0.05, 0) is 29.1 Å². The number of thiophene rings is 1. The Morgan fingerprint density at radius 2 is 1.97 bits per heavy atom. The second kappa shape index (κ2) is 9.71. The molecule has 4 aromatic rings. The van der Waals surface area contributed by atoms with Crippen LogP contribution < -0.4 is 5.32 Å². The van der Waals surface area contributed by atoms with E-state index in [1.807, 2.05) is 52.4 Å². The van der Waals surface area contributed by atoms with Gasteiger partial charge in [0.25, 0.3) is 0 Å². The maximum absolute atomic E-state index is 13.5. The third-order valence-corrected chi connectivity index (χ3v) is 6.23. The minimum atomic E-state index is -0.961. The van der Waals surface area contributed by atoms with E-state index in [0.717, 1.165) is 22.6 Å². The summed E-state index contributed by atoms with van der Waals surface area (Å²) in [7, 11) is 0. The summed E-state index contributed by atoms with van der Waals surface area (Å²) in [5.41, 5.74) is 0.516. The number of aromatic nitrogens is 3. The largest absolute Gasteiger partial charge is 0.325 e. The highest BCUT2D eigenvalue weighted by Gasteiger charge is 2.18. The fraction of sp³-hybridized carbons (Fsp3) is 0.0952. The van der Waals surface area contributed by atoms with Crippen LogP contribution in [0.2, 0.25) is 0 Å². The number of amides is 1. The maximum Gasteiger partial charge on any atom is 0.306 e. The Hall–Kier alpha value is -3.57. The number of halogens is 1. The standard InChI is InChI=1S/C21H16FN5O3S2/c22-16-9-8-15(11-17(16)27(29)30)23-19(28)13-32-21-25-24-20(18-7-4-10-31-18)26(21)12-14-5-2-1-3-6-14/h1-11H,12-13H2,(H,23,28). The summed E-state index contributed by atoms with van der Waals surface area (Å²) in [6, 6.07) is 17.0. The van der Waals surface area contributed by atoms with Crippen LogP contribution in [0.25, 0.3) is 10.7 Å². The van der Waals surface area contributed by atoms with Crippen LogP contribution in [-0.2, 0) is 11.3 Å². The summed E-state index contributed by atoms with van der Waals surface area (Å²) in [5, 5.41) is 24.5. The predicted molar refractivity (Wildman–Crippen MR) is 121 cm³/mol. The van der Waals surface area contributed by atoms with Crippen LogP contribution in [0.5, 0.6) is 0 Å². The number of thioether (sulfide) groups is 1. The maximum atomic E-state index is 13.5. The predicted octanol–water partition coefficient (Wildman–Crippen LogP) is 4.83. The SMILES string of the molecule is O=C(CSc1nnc(-c2cccs2)n1Cc1ccccc1)Nc1ccc(F)c([N+](=O)[O-])c1. The molecule has 0 fully saturated rings. The Kier molecular flexibility index (Phi) is 6.57. The van der Waals surface area contributed by atoms with Crippen LogP contribution in [0, 0.1) is 15.9 Å². The molecule has 2 aromatic heterocycles. The molecule has 32 heavy (non-hydrogen) atoms. The van der Waals surface area contributed by atoms with Crippen molar-refractivity contribution >= 4 is 40.4 Å². The van der Waals surface area contributed by atoms with E-state index < -0.39 is 22.3 Å². The minimum Gasteiger partial charge on any atom is -0.325 e. The van der Waals surface area contributed by atoms with Gasteiger partial charge in [0.15, 0.2) is 11.0 Å². The van der Waals surface area contributed by atoms with E-state index in [9.17, 15) is 19.3 Å². The third-order valence-electron chi connectivity index (χ3n) is 4.40. The van der Waals surface area contributed by atoms with Crippen LogP contribution >= 0.6 is 23.1 Å². The smallest absolute Gasteiger partial charge is 0.306 e. The Balaban J connectivity index is 1.50. The second-order valence-corrected chi connectivity index (χ2v) is 8.51. The molecule has 162 valence electrons. The molecular formula is C21H16FN5O3S2. The van der Waals surface area contributed by atoms with Crippen molar-refractivity contribution in [2.75, 3.05) is 11.1 Å². The van der Waals surface area contributed by atoms with Crippen molar-refractivity contribution < 1.29 is 14.1 Å². The number of hydrogen-bond donors (Lipinski definition) is 1. The molecule has 0 bridgehead atoms. The molecule has 0 aliphatic heterocycles. The minimum absolute atomic E-state index is 0.00252. The molecule has 0 atom stereocenters. The van der Waals surface area contributed by atoms with E-state index in [1.165, 1.54) is 17.8 Å². The first-order valence-corrected chi connectivity index (χ1v) is 11.3. The van der Waals surface area contributed by atoms with Crippen LogP contribution in [-0.4, -0.2) is 31.3 Å². The first-order valence-electron chi connectivity index (χ1n) is 9.39. The highest BCUT2D eigenvalue weighted by atomic mass is 32.2. The van der Waals surface area contributed by atoms with Crippen LogP contribution in [0.3, 0.4) is 0 Å². The van der Waals surface area contributed by atoms with E-state index in [2.05, 4.69) is 15.5 Å². The van der Waals surface area contributed by atoms with Gasteiger partial charge in [-0.1, -0.05) is 48.2 Å². The van der Waals surface area contributed by atoms with E-state index in [4.69, 9.17) is 0 Å². The van der Waals surface area contributed by atoms with Crippen molar-refractivity contribution in [2.45, 2.75) is 11.7 Å². The molecule has 0 unspecified atom stereocenters. The average molecular weight is 470 g/mol. The van der Waals surface area contributed by atoms with Gasteiger partial charge in [0.1, 0.15) is 0 Å². The van der Waals surface area contributed by atoms with Crippen molar-refractivity contribution in [3.05, 3.63) is 87.5 Å². The summed E-state index contributed by atoms with van der Waals surface area (Å²) in [5.74, 6) is -0.649. The lowest BCUT2D eigenvalue weighted by molar-refractivity contribution is -0.387. The topological polar surface area (TPSA) is 103 Å². The Morgan fingerprint density at radius 1 is 1.16 bits per heavy atom. The second-order valence-electron chi connectivity index (χ2n) is 6.62. The zero-order chi connectivity index (χ0) is 22.5. The molecule has 1 N–H and O–H groups in total. The molecule has 8 nitrogen and oxygen atoms in total. The number of nitrogens with zero attached hydrogens (tertiary/aromatic N) is 4. The van der Waals surface area contributed by atoms with Gasteiger partial charge >= 0.3 is 5.69 Å². The number of nitro groups is 1. The molecule has 0 spiro atoms. The average Bonchev–Trinajstić information content (AvgIpc) is 3.44. The number of carbonyl (C=O) groups is 1. The summed E-state index contributed by atoms with van der Waals surface area (Å²) >= 11 is 2.75. The quantitative estimate of drug-likeness (QED) is 0.225.